The van der Waals surface area contributed by atoms with E-state index in [9.17, 15) is 0 Å². The van der Waals surface area contributed by atoms with Gasteiger partial charge in [-0.15, -0.1) is 0 Å². The number of aromatic amines is 1. The molecule has 2 heterocycles. The highest BCUT2D eigenvalue weighted by molar-refractivity contribution is 7.99. The summed E-state index contributed by atoms with van der Waals surface area (Å²) in [5.74, 6) is 1.11. The van der Waals surface area contributed by atoms with E-state index in [0.29, 0.717) is 6.04 Å². The minimum atomic E-state index is 0.662. The molecule has 0 saturated carbocycles. The first-order valence-corrected chi connectivity index (χ1v) is 7.12. The number of nitrogens with one attached hydrogen (secondary N) is 2. The van der Waals surface area contributed by atoms with E-state index >= 15 is 0 Å². The van der Waals surface area contributed by atoms with Crippen LogP contribution in [-0.4, -0.2) is 28.3 Å². The monoisotopic (exact) mass is 247 g/mol. The van der Waals surface area contributed by atoms with Gasteiger partial charge >= 0.3 is 0 Å². The highest BCUT2D eigenvalue weighted by atomic mass is 32.2. The van der Waals surface area contributed by atoms with E-state index in [4.69, 9.17) is 0 Å². The lowest BCUT2D eigenvalue weighted by Gasteiger charge is -2.06. The number of thioether (sulfide) groups is 1. The van der Waals surface area contributed by atoms with Crippen LogP contribution in [0.1, 0.15) is 18.4 Å². The average molecular weight is 247 g/mol. The van der Waals surface area contributed by atoms with Crippen molar-refractivity contribution in [3.8, 4) is 0 Å². The Morgan fingerprint density at radius 2 is 2.41 bits per heavy atom. The predicted octanol–water partition coefficient (Wildman–Crippen LogP) is 2.72. The molecule has 4 heteroatoms. The van der Waals surface area contributed by atoms with E-state index in [1.165, 1.54) is 24.9 Å². The van der Waals surface area contributed by atoms with Crippen molar-refractivity contribution in [2.24, 2.45) is 0 Å². The number of benzene rings is 1. The van der Waals surface area contributed by atoms with Crippen LogP contribution in [0.25, 0.3) is 11.0 Å². The standard InChI is InChI=1S/C13H17N3S/c1-9-4-5-11-12(7-9)16-13(15-11)17-8-10-3-2-6-14-10/h4-5,7,10,14H,2-3,6,8H2,1H3,(H,15,16)/t10-/m0/s1. The van der Waals surface area contributed by atoms with Crippen LogP contribution in [0.3, 0.4) is 0 Å². The first-order chi connectivity index (χ1) is 8.31. The van der Waals surface area contributed by atoms with Crippen LogP contribution in [0.15, 0.2) is 23.4 Å². The first kappa shape index (κ1) is 11.1. The maximum absolute atomic E-state index is 4.59. The molecule has 1 aliphatic rings. The number of imidazole rings is 1. The summed E-state index contributed by atoms with van der Waals surface area (Å²) in [7, 11) is 0. The molecule has 2 N–H and O–H groups in total. The van der Waals surface area contributed by atoms with E-state index in [1.54, 1.807) is 0 Å². The van der Waals surface area contributed by atoms with Crippen molar-refractivity contribution in [2.45, 2.75) is 31.0 Å². The van der Waals surface area contributed by atoms with Gasteiger partial charge in [-0.3, -0.25) is 0 Å². The molecular formula is C13H17N3S. The van der Waals surface area contributed by atoms with Gasteiger partial charge < -0.3 is 10.3 Å². The third kappa shape index (κ3) is 2.48. The van der Waals surface area contributed by atoms with Crippen LogP contribution in [0.2, 0.25) is 0 Å². The third-order valence-corrected chi connectivity index (χ3v) is 4.24. The Labute approximate surface area is 105 Å². The number of aryl methyl sites for hydroxylation is 1. The molecule has 0 bridgehead atoms. The molecular weight excluding hydrogens is 230 g/mol. The third-order valence-electron chi connectivity index (χ3n) is 3.20. The molecule has 1 aromatic heterocycles. The van der Waals surface area contributed by atoms with Gasteiger partial charge in [0.25, 0.3) is 0 Å². The lowest BCUT2D eigenvalue weighted by Crippen LogP contribution is -2.23. The summed E-state index contributed by atoms with van der Waals surface area (Å²) in [5.41, 5.74) is 3.49. The molecule has 0 aliphatic carbocycles. The molecule has 2 aromatic rings. The molecule has 0 amide bonds. The fraction of sp³-hybridized carbons (Fsp3) is 0.462. The molecule has 1 fully saturated rings. The Balaban J connectivity index is 1.72. The number of nitrogens with zero attached hydrogens (tertiary/aromatic N) is 1. The molecule has 0 spiro atoms. The lowest BCUT2D eigenvalue weighted by atomic mass is 10.2. The van der Waals surface area contributed by atoms with Gasteiger partial charge in [0, 0.05) is 11.8 Å². The molecule has 1 aliphatic heterocycles. The molecule has 0 radical (unpaired) electrons. The quantitative estimate of drug-likeness (QED) is 0.819. The maximum atomic E-state index is 4.59. The molecule has 90 valence electrons. The molecule has 3 nitrogen and oxygen atoms in total. The largest absolute Gasteiger partial charge is 0.333 e. The first-order valence-electron chi connectivity index (χ1n) is 6.14. The van der Waals surface area contributed by atoms with Gasteiger partial charge in [0.05, 0.1) is 11.0 Å². The van der Waals surface area contributed by atoms with Crippen molar-refractivity contribution in [3.05, 3.63) is 23.8 Å². The summed E-state index contributed by atoms with van der Waals surface area (Å²) in [6.45, 7) is 3.28. The van der Waals surface area contributed by atoms with Crippen LogP contribution in [0.5, 0.6) is 0 Å². The van der Waals surface area contributed by atoms with E-state index < -0.39 is 0 Å². The SMILES string of the molecule is Cc1ccc2nc(SC[C@@H]3CCCN3)[nH]c2c1. The van der Waals surface area contributed by atoms with Crippen molar-refractivity contribution in [2.75, 3.05) is 12.3 Å². The van der Waals surface area contributed by atoms with E-state index in [-0.39, 0.29) is 0 Å². The van der Waals surface area contributed by atoms with E-state index in [2.05, 4.69) is 40.4 Å². The number of aromatic nitrogens is 2. The number of rotatable bonds is 3. The summed E-state index contributed by atoms with van der Waals surface area (Å²) >= 11 is 1.82. The zero-order valence-electron chi connectivity index (χ0n) is 9.99. The topological polar surface area (TPSA) is 40.7 Å². The summed E-state index contributed by atoms with van der Waals surface area (Å²) in [6, 6.07) is 7.00. The zero-order valence-corrected chi connectivity index (χ0v) is 10.8. The van der Waals surface area contributed by atoms with Crippen LogP contribution in [0.4, 0.5) is 0 Å². The van der Waals surface area contributed by atoms with Crippen molar-refractivity contribution in [3.63, 3.8) is 0 Å². The second-order valence-electron chi connectivity index (χ2n) is 4.67. The summed E-state index contributed by atoms with van der Waals surface area (Å²) in [5, 5.41) is 4.55. The van der Waals surface area contributed by atoms with Gasteiger partial charge in [-0.25, -0.2) is 4.98 Å². The van der Waals surface area contributed by atoms with E-state index in [0.717, 1.165) is 21.9 Å². The summed E-state index contributed by atoms with van der Waals surface area (Å²) in [4.78, 5) is 7.98. The fourth-order valence-corrected chi connectivity index (χ4v) is 3.24. The molecule has 1 saturated heterocycles. The summed E-state index contributed by atoms with van der Waals surface area (Å²) in [6.07, 6.45) is 2.61. The van der Waals surface area contributed by atoms with Gasteiger partial charge in [0.2, 0.25) is 0 Å². The van der Waals surface area contributed by atoms with E-state index in [1.807, 2.05) is 11.8 Å². The molecule has 1 atom stereocenters. The molecule has 3 rings (SSSR count). The lowest BCUT2D eigenvalue weighted by molar-refractivity contribution is 0.673. The van der Waals surface area contributed by atoms with Gasteiger partial charge in [0.15, 0.2) is 5.16 Å². The molecule has 0 unspecified atom stereocenters. The highest BCUT2D eigenvalue weighted by Crippen LogP contribution is 2.22. The van der Waals surface area contributed by atoms with Crippen molar-refractivity contribution >= 4 is 22.8 Å². The van der Waals surface area contributed by atoms with Gasteiger partial charge in [-0.05, 0) is 44.0 Å². The van der Waals surface area contributed by atoms with Crippen molar-refractivity contribution in [1.82, 2.24) is 15.3 Å². The normalized spacial score (nSPS) is 20.2. The van der Waals surface area contributed by atoms with Crippen molar-refractivity contribution < 1.29 is 0 Å². The van der Waals surface area contributed by atoms with Crippen LogP contribution in [-0.2, 0) is 0 Å². The minimum Gasteiger partial charge on any atom is -0.333 e. The second kappa shape index (κ2) is 4.70. The van der Waals surface area contributed by atoms with Gasteiger partial charge in [-0.2, -0.15) is 0 Å². The predicted molar refractivity (Wildman–Crippen MR) is 72.6 cm³/mol. The number of hydrogen-bond acceptors (Lipinski definition) is 3. The molecule has 1 aromatic carbocycles. The Hall–Kier alpha value is -1.00. The average Bonchev–Trinajstić information content (AvgIpc) is 2.94. The number of hydrogen-bond donors (Lipinski definition) is 2. The van der Waals surface area contributed by atoms with Crippen LogP contribution >= 0.6 is 11.8 Å². The maximum Gasteiger partial charge on any atom is 0.166 e. The second-order valence-corrected chi connectivity index (χ2v) is 5.68. The Morgan fingerprint density at radius 1 is 1.47 bits per heavy atom. The number of fused-ring (bicyclic) bond motifs is 1. The van der Waals surface area contributed by atoms with Crippen LogP contribution < -0.4 is 5.32 Å². The van der Waals surface area contributed by atoms with Crippen LogP contribution in [0, 0.1) is 6.92 Å². The smallest absolute Gasteiger partial charge is 0.166 e. The number of H-pyrrole nitrogens is 1. The Kier molecular flexibility index (Phi) is 3.07. The Morgan fingerprint density at radius 3 is 3.24 bits per heavy atom. The zero-order chi connectivity index (χ0) is 11.7. The summed E-state index contributed by atoms with van der Waals surface area (Å²) < 4.78 is 0. The van der Waals surface area contributed by atoms with Crippen molar-refractivity contribution in [1.29, 1.82) is 0 Å². The molecule has 17 heavy (non-hydrogen) atoms. The highest BCUT2D eigenvalue weighted by Gasteiger charge is 2.14. The Bertz CT molecular complexity index is 514. The fourth-order valence-electron chi connectivity index (χ4n) is 2.25. The van der Waals surface area contributed by atoms with Gasteiger partial charge in [0.1, 0.15) is 0 Å². The minimum absolute atomic E-state index is 0.662. The van der Waals surface area contributed by atoms with Gasteiger partial charge in [-0.1, -0.05) is 17.8 Å².